The molecule has 0 aliphatic carbocycles. The third-order valence-electron chi connectivity index (χ3n) is 4.65. The van der Waals surface area contributed by atoms with Crippen molar-refractivity contribution in [3.63, 3.8) is 0 Å². The van der Waals surface area contributed by atoms with Gasteiger partial charge in [0.25, 0.3) is 5.91 Å². The van der Waals surface area contributed by atoms with Gasteiger partial charge in [-0.3, -0.25) is 9.78 Å². The lowest BCUT2D eigenvalue weighted by atomic mass is 10.1. The average Bonchev–Trinajstić information content (AvgIpc) is 2.80. The third-order valence-corrected chi connectivity index (χ3v) is 4.65. The number of amides is 1. The molecule has 0 bridgehead atoms. The van der Waals surface area contributed by atoms with E-state index in [1.807, 2.05) is 54.6 Å². The van der Waals surface area contributed by atoms with E-state index < -0.39 is 0 Å². The van der Waals surface area contributed by atoms with Gasteiger partial charge in [0, 0.05) is 30.5 Å². The number of pyridine rings is 1. The van der Waals surface area contributed by atoms with Crippen molar-refractivity contribution in [3.8, 4) is 5.75 Å². The van der Waals surface area contributed by atoms with Crippen molar-refractivity contribution in [1.29, 1.82) is 0 Å². The first kappa shape index (κ1) is 19.3. The van der Waals surface area contributed by atoms with Crippen LogP contribution in [0.15, 0.2) is 73.2 Å². The standard InChI is InChI=1S/C23H21N5O2/c1-30-19-9-7-16(8-10-19)11-13-25-22(29)18-14-26-23(27-15-18)28-20-6-2-4-17-5-3-12-24-21(17)20/h2-10,12,14-15H,11,13H2,1H3,(H,25,29)(H,26,27,28). The minimum Gasteiger partial charge on any atom is -0.497 e. The molecule has 2 heterocycles. The number of nitrogens with zero attached hydrogens (tertiary/aromatic N) is 3. The second kappa shape index (κ2) is 9.00. The van der Waals surface area contributed by atoms with Crippen LogP contribution in [0.4, 0.5) is 11.6 Å². The van der Waals surface area contributed by atoms with Crippen LogP contribution in [0.3, 0.4) is 0 Å². The topological polar surface area (TPSA) is 89.0 Å². The minimum atomic E-state index is -0.207. The number of para-hydroxylation sites is 1. The van der Waals surface area contributed by atoms with Crippen LogP contribution in [0.5, 0.6) is 5.75 Å². The highest BCUT2D eigenvalue weighted by Gasteiger charge is 2.08. The van der Waals surface area contributed by atoms with Crippen molar-refractivity contribution in [3.05, 3.63) is 84.3 Å². The summed E-state index contributed by atoms with van der Waals surface area (Å²) in [4.78, 5) is 25.3. The molecule has 150 valence electrons. The molecular formula is C23H21N5O2. The van der Waals surface area contributed by atoms with Crippen LogP contribution in [0.25, 0.3) is 10.9 Å². The Morgan fingerprint density at radius 3 is 2.50 bits per heavy atom. The number of fused-ring (bicyclic) bond motifs is 1. The molecule has 0 spiro atoms. The number of ether oxygens (including phenoxy) is 1. The van der Waals surface area contributed by atoms with Crippen molar-refractivity contribution in [2.45, 2.75) is 6.42 Å². The zero-order chi connectivity index (χ0) is 20.8. The second-order valence-electron chi connectivity index (χ2n) is 6.66. The van der Waals surface area contributed by atoms with Gasteiger partial charge in [0.2, 0.25) is 5.95 Å². The van der Waals surface area contributed by atoms with E-state index >= 15 is 0 Å². The van der Waals surface area contributed by atoms with Crippen LogP contribution in [-0.4, -0.2) is 34.5 Å². The zero-order valence-corrected chi connectivity index (χ0v) is 16.5. The van der Waals surface area contributed by atoms with Gasteiger partial charge < -0.3 is 15.4 Å². The van der Waals surface area contributed by atoms with E-state index in [0.29, 0.717) is 18.1 Å². The number of hydrogen-bond acceptors (Lipinski definition) is 6. The molecule has 2 N–H and O–H groups in total. The average molecular weight is 399 g/mol. The summed E-state index contributed by atoms with van der Waals surface area (Å²) < 4.78 is 5.15. The van der Waals surface area contributed by atoms with E-state index in [2.05, 4.69) is 25.6 Å². The molecular weight excluding hydrogens is 378 g/mol. The predicted molar refractivity (Wildman–Crippen MR) is 116 cm³/mol. The van der Waals surface area contributed by atoms with E-state index in [-0.39, 0.29) is 5.91 Å². The molecule has 7 heteroatoms. The summed E-state index contributed by atoms with van der Waals surface area (Å²) in [5.74, 6) is 1.01. The summed E-state index contributed by atoms with van der Waals surface area (Å²) in [5.41, 5.74) is 3.18. The molecule has 0 aliphatic heterocycles. The number of aromatic nitrogens is 3. The number of anilines is 2. The lowest BCUT2D eigenvalue weighted by Crippen LogP contribution is -2.26. The Morgan fingerprint density at radius 2 is 1.73 bits per heavy atom. The van der Waals surface area contributed by atoms with Crippen LogP contribution in [-0.2, 0) is 6.42 Å². The van der Waals surface area contributed by atoms with Gasteiger partial charge in [-0.05, 0) is 36.2 Å². The molecule has 0 aliphatic rings. The maximum Gasteiger partial charge on any atom is 0.254 e. The summed E-state index contributed by atoms with van der Waals surface area (Å²) in [6.45, 7) is 0.521. The molecule has 1 amide bonds. The van der Waals surface area contributed by atoms with E-state index in [9.17, 15) is 4.79 Å². The number of hydrogen-bond donors (Lipinski definition) is 2. The van der Waals surface area contributed by atoms with E-state index in [4.69, 9.17) is 4.74 Å². The molecule has 4 rings (SSSR count). The van der Waals surface area contributed by atoms with Gasteiger partial charge in [-0.25, -0.2) is 9.97 Å². The Balaban J connectivity index is 1.35. The first-order valence-corrected chi connectivity index (χ1v) is 9.57. The number of carbonyl (C=O) groups excluding carboxylic acids is 1. The number of nitrogens with one attached hydrogen (secondary N) is 2. The zero-order valence-electron chi connectivity index (χ0n) is 16.5. The lowest BCUT2D eigenvalue weighted by molar-refractivity contribution is 0.0953. The van der Waals surface area contributed by atoms with Crippen molar-refractivity contribution in [1.82, 2.24) is 20.3 Å². The molecule has 0 unspecified atom stereocenters. The minimum absolute atomic E-state index is 0.207. The molecule has 0 radical (unpaired) electrons. The van der Waals surface area contributed by atoms with Crippen molar-refractivity contribution in [2.75, 3.05) is 19.0 Å². The predicted octanol–water partition coefficient (Wildman–Crippen LogP) is 3.75. The van der Waals surface area contributed by atoms with Gasteiger partial charge in [0.1, 0.15) is 5.75 Å². The first-order chi connectivity index (χ1) is 14.7. The highest BCUT2D eigenvalue weighted by atomic mass is 16.5. The normalized spacial score (nSPS) is 10.6. The van der Waals surface area contributed by atoms with Gasteiger partial charge in [-0.2, -0.15) is 0 Å². The SMILES string of the molecule is COc1ccc(CCNC(=O)c2cnc(Nc3cccc4cccnc34)nc2)cc1. The Kier molecular flexibility index (Phi) is 5.80. The van der Waals surface area contributed by atoms with Crippen LogP contribution < -0.4 is 15.4 Å². The Morgan fingerprint density at radius 1 is 0.967 bits per heavy atom. The molecule has 7 nitrogen and oxygen atoms in total. The fraction of sp³-hybridized carbons (Fsp3) is 0.130. The Bertz CT molecular complexity index is 1140. The second-order valence-corrected chi connectivity index (χ2v) is 6.66. The number of carbonyl (C=O) groups is 1. The third kappa shape index (κ3) is 4.52. The van der Waals surface area contributed by atoms with E-state index in [1.165, 1.54) is 12.4 Å². The first-order valence-electron chi connectivity index (χ1n) is 9.57. The lowest BCUT2D eigenvalue weighted by Gasteiger charge is -2.09. The molecule has 0 atom stereocenters. The molecule has 4 aromatic rings. The number of benzene rings is 2. The summed E-state index contributed by atoms with van der Waals surface area (Å²) in [7, 11) is 1.64. The van der Waals surface area contributed by atoms with Gasteiger partial charge in [-0.1, -0.05) is 30.3 Å². The molecule has 0 saturated carbocycles. The smallest absolute Gasteiger partial charge is 0.254 e. The fourth-order valence-corrected chi connectivity index (χ4v) is 3.05. The van der Waals surface area contributed by atoms with Crippen LogP contribution in [0.1, 0.15) is 15.9 Å². The van der Waals surface area contributed by atoms with Gasteiger partial charge >= 0.3 is 0 Å². The highest BCUT2D eigenvalue weighted by Crippen LogP contribution is 2.22. The maximum absolute atomic E-state index is 12.3. The van der Waals surface area contributed by atoms with Crippen LogP contribution in [0.2, 0.25) is 0 Å². The van der Waals surface area contributed by atoms with Gasteiger partial charge in [-0.15, -0.1) is 0 Å². The molecule has 0 saturated heterocycles. The van der Waals surface area contributed by atoms with Crippen molar-refractivity contribution < 1.29 is 9.53 Å². The van der Waals surface area contributed by atoms with Crippen LogP contribution >= 0.6 is 0 Å². The molecule has 30 heavy (non-hydrogen) atoms. The highest BCUT2D eigenvalue weighted by molar-refractivity contribution is 5.94. The maximum atomic E-state index is 12.3. The fourth-order valence-electron chi connectivity index (χ4n) is 3.05. The molecule has 2 aromatic carbocycles. The Hall–Kier alpha value is -4.00. The number of rotatable bonds is 7. The summed E-state index contributed by atoms with van der Waals surface area (Å²) >= 11 is 0. The van der Waals surface area contributed by atoms with E-state index in [0.717, 1.165) is 34.3 Å². The summed E-state index contributed by atoms with van der Waals surface area (Å²) in [6.07, 6.45) is 5.49. The van der Waals surface area contributed by atoms with Gasteiger partial charge in [0.05, 0.1) is 23.9 Å². The largest absolute Gasteiger partial charge is 0.497 e. The monoisotopic (exact) mass is 399 g/mol. The molecule has 0 fully saturated rings. The molecule has 2 aromatic heterocycles. The summed E-state index contributed by atoms with van der Waals surface area (Å²) in [5, 5.41) is 7.07. The Labute approximate surface area is 174 Å². The quantitative estimate of drug-likeness (QED) is 0.492. The van der Waals surface area contributed by atoms with E-state index in [1.54, 1.807) is 13.3 Å². The van der Waals surface area contributed by atoms with Crippen molar-refractivity contribution in [2.24, 2.45) is 0 Å². The summed E-state index contributed by atoms with van der Waals surface area (Å²) in [6, 6.07) is 17.5. The van der Waals surface area contributed by atoms with Gasteiger partial charge in [0.15, 0.2) is 0 Å². The van der Waals surface area contributed by atoms with Crippen LogP contribution in [0, 0.1) is 0 Å². The van der Waals surface area contributed by atoms with Crippen molar-refractivity contribution >= 4 is 28.4 Å². The number of methoxy groups -OCH3 is 1.